The van der Waals surface area contributed by atoms with Crippen molar-refractivity contribution in [3.63, 3.8) is 0 Å². The summed E-state index contributed by atoms with van der Waals surface area (Å²) in [4.78, 5) is 32.8. The molecule has 0 radical (unpaired) electrons. The number of rotatable bonds is 13. The molecule has 1 aromatic heterocycles. The van der Waals surface area contributed by atoms with Gasteiger partial charge in [0.2, 0.25) is 0 Å². The van der Waals surface area contributed by atoms with Crippen LogP contribution in [0.2, 0.25) is 0 Å². The molecule has 258 valence electrons. The summed E-state index contributed by atoms with van der Waals surface area (Å²) < 4.78 is 19.0. The number of esters is 1. The number of carbonyl (C=O) groups is 2. The minimum atomic E-state index is -0.824. The zero-order valence-corrected chi connectivity index (χ0v) is 28.8. The van der Waals surface area contributed by atoms with Crippen molar-refractivity contribution in [3.05, 3.63) is 162 Å². The molecule has 1 fully saturated rings. The van der Waals surface area contributed by atoms with Gasteiger partial charge in [-0.25, -0.2) is 9.78 Å². The van der Waals surface area contributed by atoms with Gasteiger partial charge in [0.1, 0.15) is 23.9 Å². The quantitative estimate of drug-likeness (QED) is 0.112. The maximum Gasteiger partial charge on any atom is 0.412 e. The van der Waals surface area contributed by atoms with Gasteiger partial charge in [0.25, 0.3) is 0 Å². The van der Waals surface area contributed by atoms with Gasteiger partial charge in [-0.3, -0.25) is 9.69 Å². The van der Waals surface area contributed by atoms with Crippen LogP contribution in [0.1, 0.15) is 48.2 Å². The average molecular weight is 673 g/mol. The van der Waals surface area contributed by atoms with E-state index in [1.54, 1.807) is 4.90 Å². The summed E-state index contributed by atoms with van der Waals surface area (Å²) in [5.74, 6) is -0.387. The normalized spacial score (nSPS) is 16.1. The highest BCUT2D eigenvalue weighted by Crippen LogP contribution is 2.41. The predicted octanol–water partition coefficient (Wildman–Crippen LogP) is 6.56. The van der Waals surface area contributed by atoms with Gasteiger partial charge in [-0.2, -0.15) is 0 Å². The zero-order valence-electron chi connectivity index (χ0n) is 28.8. The Labute approximate surface area is 293 Å². The lowest BCUT2D eigenvalue weighted by Gasteiger charge is -2.37. The van der Waals surface area contributed by atoms with E-state index in [9.17, 15) is 9.59 Å². The van der Waals surface area contributed by atoms with Crippen LogP contribution in [-0.4, -0.2) is 64.6 Å². The lowest BCUT2D eigenvalue weighted by molar-refractivity contribution is -0.143. The standard InChI is InChI=1S/C41H44N4O5/c1-40(2)45(39(47)49-28-31-16-8-4-9-17-31)36(29-50-40)24-25-42-37(38(46)48-3)26-35-27-44(30-43-35)41(32-18-10-5-11-19-32,33-20-12-6-13-21-33)34-22-14-7-15-23-34/h4-23,27,30,36-37,42H,24-26,28-29H2,1-3H3. The second-order valence-electron chi connectivity index (χ2n) is 12.9. The Kier molecular flexibility index (Phi) is 10.7. The van der Waals surface area contributed by atoms with Crippen LogP contribution in [-0.2, 0) is 37.6 Å². The molecule has 1 aliphatic rings. The van der Waals surface area contributed by atoms with Gasteiger partial charge in [-0.1, -0.05) is 121 Å². The number of ether oxygens (including phenoxy) is 3. The lowest BCUT2D eigenvalue weighted by Crippen LogP contribution is -2.49. The fourth-order valence-electron chi connectivity index (χ4n) is 6.91. The van der Waals surface area contributed by atoms with Crippen LogP contribution in [0.4, 0.5) is 4.79 Å². The minimum absolute atomic E-state index is 0.175. The highest BCUT2D eigenvalue weighted by Gasteiger charge is 2.44. The number of imidazole rings is 1. The number of hydrogen-bond acceptors (Lipinski definition) is 7. The smallest absolute Gasteiger partial charge is 0.412 e. The number of amides is 1. The van der Waals surface area contributed by atoms with Crippen LogP contribution in [0.15, 0.2) is 134 Å². The Balaban J connectivity index is 1.20. The molecule has 0 aliphatic carbocycles. The number of aromatic nitrogens is 2. The van der Waals surface area contributed by atoms with E-state index >= 15 is 0 Å². The largest absolute Gasteiger partial charge is 0.468 e. The molecule has 2 heterocycles. The van der Waals surface area contributed by atoms with Crippen LogP contribution < -0.4 is 5.32 Å². The Morgan fingerprint density at radius 3 is 1.96 bits per heavy atom. The third-order valence-corrected chi connectivity index (χ3v) is 9.34. The highest BCUT2D eigenvalue weighted by atomic mass is 16.6. The van der Waals surface area contributed by atoms with Crippen molar-refractivity contribution in [3.8, 4) is 0 Å². The summed E-state index contributed by atoms with van der Waals surface area (Å²) in [6.45, 7) is 4.70. The van der Waals surface area contributed by atoms with Gasteiger partial charge < -0.3 is 24.1 Å². The summed E-state index contributed by atoms with van der Waals surface area (Å²) in [7, 11) is 1.39. The fourth-order valence-corrected chi connectivity index (χ4v) is 6.91. The van der Waals surface area contributed by atoms with Crippen molar-refractivity contribution >= 4 is 12.1 Å². The van der Waals surface area contributed by atoms with E-state index in [1.807, 2.05) is 111 Å². The third-order valence-electron chi connectivity index (χ3n) is 9.34. The molecule has 1 amide bonds. The molecule has 9 nitrogen and oxygen atoms in total. The molecular formula is C41H44N4O5. The molecule has 1 saturated heterocycles. The molecule has 5 aromatic rings. The van der Waals surface area contributed by atoms with E-state index in [1.165, 1.54) is 7.11 Å². The van der Waals surface area contributed by atoms with Crippen molar-refractivity contribution in [1.29, 1.82) is 0 Å². The van der Waals surface area contributed by atoms with Crippen molar-refractivity contribution in [2.45, 2.75) is 56.6 Å². The van der Waals surface area contributed by atoms with Crippen molar-refractivity contribution < 1.29 is 23.8 Å². The predicted molar refractivity (Wildman–Crippen MR) is 191 cm³/mol. The first kappa shape index (κ1) is 34.6. The van der Waals surface area contributed by atoms with Gasteiger partial charge in [-0.15, -0.1) is 0 Å². The van der Waals surface area contributed by atoms with Crippen LogP contribution in [0.5, 0.6) is 0 Å². The second-order valence-corrected chi connectivity index (χ2v) is 12.9. The number of nitrogens with zero attached hydrogens (tertiary/aromatic N) is 3. The van der Waals surface area contributed by atoms with Gasteiger partial charge in [0.15, 0.2) is 0 Å². The first-order valence-corrected chi connectivity index (χ1v) is 17.0. The molecular weight excluding hydrogens is 628 g/mol. The van der Waals surface area contributed by atoms with E-state index in [2.05, 4.69) is 46.3 Å². The summed E-state index contributed by atoms with van der Waals surface area (Å²) in [6.07, 6.45) is 4.28. The first-order chi connectivity index (χ1) is 24.3. The number of benzene rings is 4. The Morgan fingerprint density at radius 1 is 0.880 bits per heavy atom. The molecule has 2 atom stereocenters. The molecule has 0 spiro atoms. The van der Waals surface area contributed by atoms with Crippen LogP contribution in [0, 0.1) is 0 Å². The zero-order chi connectivity index (χ0) is 35.0. The molecule has 2 unspecified atom stereocenters. The Hall–Kier alpha value is -5.25. The number of carbonyl (C=O) groups excluding carboxylic acids is 2. The van der Waals surface area contributed by atoms with E-state index < -0.39 is 23.4 Å². The molecule has 0 bridgehead atoms. The molecule has 1 N–H and O–H groups in total. The molecule has 6 rings (SSSR count). The maximum absolute atomic E-state index is 13.2. The minimum Gasteiger partial charge on any atom is -0.468 e. The van der Waals surface area contributed by atoms with Gasteiger partial charge in [0, 0.05) is 12.6 Å². The van der Waals surface area contributed by atoms with Gasteiger partial charge in [0.05, 0.1) is 31.8 Å². The molecule has 0 saturated carbocycles. The Morgan fingerprint density at radius 2 is 1.42 bits per heavy atom. The average Bonchev–Trinajstić information content (AvgIpc) is 3.75. The first-order valence-electron chi connectivity index (χ1n) is 17.0. The molecule has 1 aliphatic heterocycles. The van der Waals surface area contributed by atoms with Crippen LogP contribution in [0.3, 0.4) is 0 Å². The third kappa shape index (κ3) is 7.34. The van der Waals surface area contributed by atoms with Crippen molar-refractivity contribution in [2.24, 2.45) is 0 Å². The number of hydrogen-bond donors (Lipinski definition) is 1. The number of nitrogens with one attached hydrogen (secondary N) is 1. The topological polar surface area (TPSA) is 94.9 Å². The monoisotopic (exact) mass is 672 g/mol. The van der Waals surface area contributed by atoms with Gasteiger partial charge >= 0.3 is 12.1 Å². The summed E-state index contributed by atoms with van der Waals surface area (Å²) >= 11 is 0. The lowest BCUT2D eigenvalue weighted by atomic mass is 9.77. The Bertz CT molecular complexity index is 1730. The summed E-state index contributed by atoms with van der Waals surface area (Å²) in [5, 5.41) is 3.38. The summed E-state index contributed by atoms with van der Waals surface area (Å²) in [5.41, 5.74) is 3.35. The fraction of sp³-hybridized carbons (Fsp3) is 0.293. The van der Waals surface area contributed by atoms with Crippen LogP contribution in [0.25, 0.3) is 0 Å². The van der Waals surface area contributed by atoms with Crippen LogP contribution >= 0.6 is 0 Å². The highest BCUT2D eigenvalue weighted by molar-refractivity contribution is 5.76. The van der Waals surface area contributed by atoms with E-state index in [0.717, 1.165) is 27.9 Å². The SMILES string of the molecule is COC(=O)C(Cc1cn(C(c2ccccc2)(c2ccccc2)c2ccccc2)cn1)NCCC1COC(C)(C)N1C(=O)OCc1ccccc1. The molecule has 4 aromatic carbocycles. The van der Waals surface area contributed by atoms with E-state index in [4.69, 9.17) is 19.2 Å². The van der Waals surface area contributed by atoms with Crippen molar-refractivity contribution in [1.82, 2.24) is 19.8 Å². The molecule has 9 heteroatoms. The van der Waals surface area contributed by atoms with E-state index in [0.29, 0.717) is 26.0 Å². The second kappa shape index (κ2) is 15.5. The van der Waals surface area contributed by atoms with Gasteiger partial charge in [-0.05, 0) is 49.1 Å². The van der Waals surface area contributed by atoms with Crippen molar-refractivity contribution in [2.75, 3.05) is 20.3 Å². The van der Waals surface area contributed by atoms with E-state index in [-0.39, 0.29) is 18.6 Å². The summed E-state index contributed by atoms with van der Waals surface area (Å²) in [6, 6.07) is 39.8. The molecule has 50 heavy (non-hydrogen) atoms. The number of methoxy groups -OCH3 is 1. The maximum atomic E-state index is 13.2.